The van der Waals surface area contributed by atoms with Crippen molar-refractivity contribution in [2.24, 2.45) is 0 Å². The van der Waals surface area contributed by atoms with E-state index in [1.165, 1.54) is 21.9 Å². The highest BCUT2D eigenvalue weighted by atomic mass is 31.0. The van der Waals surface area contributed by atoms with Crippen molar-refractivity contribution in [3.05, 3.63) is 134 Å². The lowest BCUT2D eigenvalue weighted by Gasteiger charge is -2.44. The molecule has 29 heavy (non-hydrogen) atoms. The van der Waals surface area contributed by atoms with Crippen LogP contribution in [0, 0.1) is 0 Å². The van der Waals surface area contributed by atoms with Crippen molar-refractivity contribution in [3.63, 3.8) is 0 Å². The van der Waals surface area contributed by atoms with Crippen LogP contribution in [0.1, 0.15) is 0 Å². The Morgan fingerprint density at radius 3 is 0.897 bits per heavy atom. The summed E-state index contributed by atoms with van der Waals surface area (Å²) in [6.45, 7) is 3.49. The largest absolute Gasteiger partial charge is 0.195 e. The highest BCUT2D eigenvalue weighted by Crippen LogP contribution is 2.09. The normalized spacial score (nSPS) is 10.6. The molecule has 0 fully saturated rings. The molecule has 0 saturated carbocycles. The van der Waals surface area contributed by atoms with Gasteiger partial charge in [-0.05, 0) is 9.24 Å². The molecule has 0 aliphatic carbocycles. The van der Waals surface area contributed by atoms with E-state index in [0.717, 1.165) is 6.16 Å². The van der Waals surface area contributed by atoms with E-state index in [2.05, 4.69) is 128 Å². The van der Waals surface area contributed by atoms with Crippen molar-refractivity contribution in [3.8, 4) is 0 Å². The van der Waals surface area contributed by atoms with E-state index < -0.39 is 6.15 Å². The maximum Gasteiger partial charge on any atom is 0.108 e. The molecule has 0 N–H and O–H groups in total. The van der Waals surface area contributed by atoms with Crippen LogP contribution in [0.3, 0.4) is 0 Å². The minimum Gasteiger partial charge on any atom is -0.195 e. The molecule has 4 rings (SSSR count). The van der Waals surface area contributed by atoms with Crippen molar-refractivity contribution in [1.82, 2.24) is 0 Å². The molecule has 1 atom stereocenters. The highest BCUT2D eigenvalue weighted by molar-refractivity contribution is 7.19. The first-order valence-corrected chi connectivity index (χ1v) is 11.1. The van der Waals surface area contributed by atoms with Gasteiger partial charge >= 0.3 is 0 Å². The molecule has 1 unspecified atom stereocenters. The Balaban J connectivity index is 0.000000552. The van der Waals surface area contributed by atoms with Crippen LogP contribution >= 0.6 is 9.24 Å². The smallest absolute Gasteiger partial charge is 0.108 e. The van der Waals surface area contributed by atoms with Gasteiger partial charge in [-0.3, -0.25) is 0 Å². The van der Waals surface area contributed by atoms with Crippen LogP contribution in [-0.2, 0) is 0 Å². The SMILES string of the molecule is C=CC[PH3+].c1ccc([B-](c2ccccc2)(c2ccccc2)c2ccccc2)cc1. The van der Waals surface area contributed by atoms with E-state index in [1.54, 1.807) is 0 Å². The average Bonchev–Trinajstić information content (AvgIpc) is 2.83. The summed E-state index contributed by atoms with van der Waals surface area (Å²) < 4.78 is 0. The Hall–Kier alpha value is -2.89. The summed E-state index contributed by atoms with van der Waals surface area (Å²) in [6, 6.07) is 43.5. The molecule has 144 valence electrons. The second-order valence-electron chi connectivity index (χ2n) is 7.09. The third-order valence-corrected chi connectivity index (χ3v) is 5.81. The predicted octanol–water partition coefficient (Wildman–Crippen LogP) is 3.84. The first-order chi connectivity index (χ1) is 14.3. The standard InChI is InChI=1S/C24H20B.C3H7P/c1-5-13-21(14-6-1)25(22-15-7-2-8-16-22,23-17-9-3-10-18-23)24-19-11-4-12-20-24;1-2-3-4/h1-20H;2H,1,3-4H2/q-1;/p+1. The number of hydrogen-bond donors (Lipinski definition) is 0. The van der Waals surface area contributed by atoms with Gasteiger partial charge in [0.05, 0.1) is 6.16 Å². The lowest BCUT2D eigenvalue weighted by atomic mass is 9.13. The fraction of sp³-hybridized carbons (Fsp3) is 0.0370. The topological polar surface area (TPSA) is 0 Å². The Morgan fingerprint density at radius 1 is 0.517 bits per heavy atom. The van der Waals surface area contributed by atoms with Gasteiger partial charge in [0.2, 0.25) is 0 Å². The van der Waals surface area contributed by atoms with Crippen LogP contribution in [0.2, 0.25) is 0 Å². The minimum atomic E-state index is -1.22. The first-order valence-electron chi connectivity index (χ1n) is 10.1. The highest BCUT2D eigenvalue weighted by Gasteiger charge is 2.30. The molecule has 4 aromatic carbocycles. The summed E-state index contributed by atoms with van der Waals surface area (Å²) in [5, 5.41) is 0. The van der Waals surface area contributed by atoms with E-state index >= 15 is 0 Å². The molecule has 0 saturated heterocycles. The summed E-state index contributed by atoms with van der Waals surface area (Å²) >= 11 is 0. The fourth-order valence-electron chi connectivity index (χ4n) is 4.12. The van der Waals surface area contributed by atoms with Crippen LogP contribution in [0.5, 0.6) is 0 Å². The molecular formula is C27H28BP. The monoisotopic (exact) mass is 394 g/mol. The molecule has 0 aliphatic heterocycles. The van der Waals surface area contributed by atoms with E-state index in [0.29, 0.717) is 0 Å². The van der Waals surface area contributed by atoms with Crippen LogP contribution in [-0.4, -0.2) is 12.3 Å². The van der Waals surface area contributed by atoms with Gasteiger partial charge in [-0.2, -0.15) is 21.9 Å². The molecule has 0 heterocycles. The molecule has 0 aliphatic rings. The second kappa shape index (κ2) is 10.6. The van der Waals surface area contributed by atoms with Gasteiger partial charge in [0.15, 0.2) is 0 Å². The van der Waals surface area contributed by atoms with Crippen molar-refractivity contribution in [2.45, 2.75) is 0 Å². The second-order valence-corrected chi connectivity index (χ2v) is 7.66. The van der Waals surface area contributed by atoms with Crippen molar-refractivity contribution >= 4 is 37.2 Å². The van der Waals surface area contributed by atoms with Gasteiger partial charge in [-0.15, -0.1) is 0 Å². The van der Waals surface area contributed by atoms with Gasteiger partial charge in [-0.1, -0.05) is 134 Å². The maximum absolute atomic E-state index is 3.49. The molecule has 0 bridgehead atoms. The summed E-state index contributed by atoms with van der Waals surface area (Å²) in [4.78, 5) is 0. The molecular weight excluding hydrogens is 366 g/mol. The zero-order valence-corrected chi connectivity index (χ0v) is 18.2. The predicted molar refractivity (Wildman–Crippen MR) is 136 cm³/mol. The van der Waals surface area contributed by atoms with Gasteiger partial charge < -0.3 is 0 Å². The molecule has 0 amide bonds. The van der Waals surface area contributed by atoms with Crippen LogP contribution < -0.4 is 21.9 Å². The van der Waals surface area contributed by atoms with Gasteiger partial charge in [0.25, 0.3) is 0 Å². The van der Waals surface area contributed by atoms with E-state index in [-0.39, 0.29) is 0 Å². The van der Waals surface area contributed by atoms with Gasteiger partial charge in [0.1, 0.15) is 6.15 Å². The number of benzene rings is 4. The first kappa shape index (κ1) is 20.8. The number of hydrogen-bond acceptors (Lipinski definition) is 0. The van der Waals surface area contributed by atoms with Gasteiger partial charge in [0, 0.05) is 0 Å². The number of allylic oxidation sites excluding steroid dienone is 1. The summed E-state index contributed by atoms with van der Waals surface area (Å²) in [7, 11) is 1.90. The molecule has 2 heteroatoms. The van der Waals surface area contributed by atoms with Crippen molar-refractivity contribution in [2.75, 3.05) is 6.16 Å². The number of rotatable bonds is 5. The van der Waals surface area contributed by atoms with Crippen LogP contribution in [0.25, 0.3) is 0 Å². The molecule has 4 aromatic rings. The van der Waals surface area contributed by atoms with Gasteiger partial charge in [-0.25, -0.2) is 0 Å². The molecule has 0 aromatic heterocycles. The van der Waals surface area contributed by atoms with Crippen molar-refractivity contribution in [1.29, 1.82) is 0 Å². The summed E-state index contributed by atoms with van der Waals surface area (Å²) in [5.74, 6) is 0. The Kier molecular flexibility index (Phi) is 7.62. The molecule has 0 nitrogen and oxygen atoms in total. The quantitative estimate of drug-likeness (QED) is 0.274. The molecule has 0 spiro atoms. The van der Waals surface area contributed by atoms with E-state index in [1.807, 2.05) is 15.3 Å². The third kappa shape index (κ3) is 4.58. The summed E-state index contributed by atoms with van der Waals surface area (Å²) in [6.07, 6.45) is 1.78. The average molecular weight is 394 g/mol. The minimum absolute atomic E-state index is 1.11. The zero-order valence-electron chi connectivity index (χ0n) is 16.8. The zero-order chi connectivity index (χ0) is 20.4. The summed E-state index contributed by atoms with van der Waals surface area (Å²) in [5.41, 5.74) is 5.36. The lowest BCUT2D eigenvalue weighted by Crippen LogP contribution is -2.74. The Morgan fingerprint density at radius 2 is 0.724 bits per heavy atom. The Bertz CT molecular complexity index is 820. The van der Waals surface area contributed by atoms with Crippen molar-refractivity contribution < 1.29 is 0 Å². The maximum atomic E-state index is 3.49. The Labute approximate surface area is 177 Å². The molecule has 0 radical (unpaired) electrons. The fourth-order valence-corrected chi connectivity index (χ4v) is 4.12. The van der Waals surface area contributed by atoms with Crippen LogP contribution in [0.4, 0.5) is 0 Å². The third-order valence-electron chi connectivity index (χ3n) is 5.40. The van der Waals surface area contributed by atoms with Crippen LogP contribution in [0.15, 0.2) is 134 Å². The lowest BCUT2D eigenvalue weighted by molar-refractivity contribution is 1.66. The van der Waals surface area contributed by atoms with E-state index in [9.17, 15) is 0 Å². The van der Waals surface area contributed by atoms with E-state index in [4.69, 9.17) is 0 Å².